The van der Waals surface area contributed by atoms with Crippen LogP contribution in [0.15, 0.2) is 24.3 Å². The molecule has 0 aromatic heterocycles. The number of esters is 2. The van der Waals surface area contributed by atoms with Crippen molar-refractivity contribution in [1.29, 1.82) is 0 Å². The molecule has 6 heteroatoms. The van der Waals surface area contributed by atoms with Gasteiger partial charge in [0.05, 0.1) is 14.1 Å². The van der Waals surface area contributed by atoms with Crippen molar-refractivity contribution in [2.24, 2.45) is 0 Å². The predicted molar refractivity (Wildman–Crippen MR) is 215 cm³/mol. The summed E-state index contributed by atoms with van der Waals surface area (Å²) in [5.41, 5.74) is 0. The zero-order valence-corrected chi connectivity index (χ0v) is 34.3. The molecule has 1 unspecified atom stereocenters. The molecule has 0 aromatic carbocycles. The molecular formula is C44H85N2O4+. The highest BCUT2D eigenvalue weighted by Gasteiger charge is 2.27. The molecule has 0 aromatic rings. The van der Waals surface area contributed by atoms with Crippen molar-refractivity contribution in [2.45, 2.75) is 200 Å². The first-order valence-electron chi connectivity index (χ1n) is 21.3. The Labute approximate surface area is 311 Å². The summed E-state index contributed by atoms with van der Waals surface area (Å²) in [6, 6.07) is 0. The van der Waals surface area contributed by atoms with Crippen molar-refractivity contribution in [3.8, 4) is 0 Å². The Morgan fingerprint density at radius 1 is 0.540 bits per heavy atom. The average Bonchev–Trinajstić information content (AvgIpc) is 3.06. The summed E-state index contributed by atoms with van der Waals surface area (Å²) < 4.78 is 12.2. The van der Waals surface area contributed by atoms with Crippen LogP contribution in [0.5, 0.6) is 0 Å². The normalized spacial score (nSPS) is 12.8. The minimum atomic E-state index is -0.432. The zero-order valence-electron chi connectivity index (χ0n) is 34.3. The minimum absolute atomic E-state index is 0.136. The van der Waals surface area contributed by atoms with Gasteiger partial charge >= 0.3 is 11.9 Å². The van der Waals surface area contributed by atoms with E-state index in [4.69, 9.17) is 9.47 Å². The molecule has 50 heavy (non-hydrogen) atoms. The van der Waals surface area contributed by atoms with E-state index in [1.165, 1.54) is 116 Å². The molecule has 0 bridgehead atoms. The van der Waals surface area contributed by atoms with Crippen LogP contribution in [0.2, 0.25) is 0 Å². The molecule has 0 saturated carbocycles. The third-order valence-corrected chi connectivity index (χ3v) is 9.38. The van der Waals surface area contributed by atoms with Gasteiger partial charge in [0.1, 0.15) is 19.8 Å². The second-order valence-electron chi connectivity index (χ2n) is 15.8. The van der Waals surface area contributed by atoms with Crippen LogP contribution in [0.4, 0.5) is 0 Å². The molecule has 1 atom stereocenters. The van der Waals surface area contributed by atoms with Crippen molar-refractivity contribution in [1.82, 2.24) is 4.90 Å². The summed E-state index contributed by atoms with van der Waals surface area (Å²) in [6.07, 6.45) is 41.9. The van der Waals surface area contributed by atoms with Gasteiger partial charge in [-0.3, -0.25) is 14.5 Å². The number of quaternary nitrogens is 1. The molecule has 0 aliphatic rings. The van der Waals surface area contributed by atoms with Gasteiger partial charge in [0, 0.05) is 12.8 Å². The molecule has 294 valence electrons. The van der Waals surface area contributed by atoms with Crippen LogP contribution in [0.25, 0.3) is 0 Å². The van der Waals surface area contributed by atoms with E-state index in [1.807, 2.05) is 14.1 Å². The van der Waals surface area contributed by atoms with Gasteiger partial charge in [0.2, 0.25) is 0 Å². The first-order chi connectivity index (χ1) is 24.2. The van der Waals surface area contributed by atoms with Crippen LogP contribution in [0.1, 0.15) is 194 Å². The smallest absolute Gasteiger partial charge is 0.306 e. The van der Waals surface area contributed by atoms with Crippen molar-refractivity contribution in [2.75, 3.05) is 48.0 Å². The maximum absolute atomic E-state index is 12.8. The van der Waals surface area contributed by atoms with Crippen LogP contribution in [0, 0.1) is 0 Å². The molecule has 0 fully saturated rings. The Bertz CT molecular complexity index is 823. The lowest BCUT2D eigenvalue weighted by molar-refractivity contribution is -0.902. The number of likely N-dealkylation sites (N-methyl/N-ethyl adjacent to an activating group) is 1. The van der Waals surface area contributed by atoms with E-state index in [0.717, 1.165) is 58.0 Å². The lowest BCUT2D eigenvalue weighted by atomic mass is 10.1. The number of rotatable bonds is 37. The highest BCUT2D eigenvalue weighted by atomic mass is 16.6. The number of carbonyl (C=O) groups is 2. The Kier molecular flexibility index (Phi) is 34.5. The number of carbonyl (C=O) groups excluding carboxylic acids is 2. The molecule has 0 rings (SSSR count). The summed E-state index contributed by atoms with van der Waals surface area (Å²) >= 11 is 0. The second-order valence-corrected chi connectivity index (χ2v) is 15.8. The quantitative estimate of drug-likeness (QED) is 0.0212. The van der Waals surface area contributed by atoms with Crippen molar-refractivity contribution >= 4 is 11.9 Å². The third-order valence-electron chi connectivity index (χ3n) is 9.38. The molecule has 0 aliphatic carbocycles. The topological polar surface area (TPSA) is 55.8 Å². The predicted octanol–water partition coefficient (Wildman–Crippen LogP) is 12.1. The van der Waals surface area contributed by atoms with E-state index in [0.29, 0.717) is 23.9 Å². The van der Waals surface area contributed by atoms with Crippen LogP contribution < -0.4 is 0 Å². The first-order valence-corrected chi connectivity index (χ1v) is 21.3. The maximum Gasteiger partial charge on any atom is 0.306 e. The van der Waals surface area contributed by atoms with Gasteiger partial charge in [-0.15, -0.1) is 0 Å². The van der Waals surface area contributed by atoms with E-state index < -0.39 is 6.10 Å². The number of hydrogen-bond acceptors (Lipinski definition) is 5. The monoisotopic (exact) mass is 706 g/mol. The standard InChI is InChI=1S/C44H85N2O4/c1-7-9-11-13-15-17-19-21-23-25-27-29-31-33-35-37-43(47)49-40-42(39-46(5,6)41-45(3)4)50-44(48)38-36-34-32-30-28-26-24-22-20-18-16-14-12-10-8-2/h21-24,42H,7-20,25-41H2,1-6H3/q+1. The van der Waals surface area contributed by atoms with Crippen LogP contribution in [0.3, 0.4) is 0 Å². The molecule has 0 saturated heterocycles. The van der Waals surface area contributed by atoms with Gasteiger partial charge < -0.3 is 14.0 Å². The van der Waals surface area contributed by atoms with Crippen molar-refractivity contribution in [3.63, 3.8) is 0 Å². The third kappa shape index (κ3) is 36.1. The first kappa shape index (κ1) is 48.3. The summed E-state index contributed by atoms with van der Waals surface area (Å²) in [5, 5.41) is 0. The molecule has 0 amide bonds. The highest BCUT2D eigenvalue weighted by molar-refractivity contribution is 5.70. The van der Waals surface area contributed by atoms with Crippen molar-refractivity contribution in [3.05, 3.63) is 24.3 Å². The summed E-state index contributed by atoms with van der Waals surface area (Å²) in [6.45, 7) is 6.09. The fourth-order valence-corrected chi connectivity index (χ4v) is 6.68. The fourth-order valence-electron chi connectivity index (χ4n) is 6.68. The zero-order chi connectivity index (χ0) is 37.0. The molecule has 6 nitrogen and oxygen atoms in total. The molecule has 0 heterocycles. The van der Waals surface area contributed by atoms with Gasteiger partial charge in [0.25, 0.3) is 0 Å². The average molecular weight is 706 g/mol. The molecule has 0 N–H and O–H groups in total. The Balaban J connectivity index is 4.16. The largest absolute Gasteiger partial charge is 0.461 e. The van der Waals surface area contributed by atoms with Gasteiger partial charge in [-0.25, -0.2) is 0 Å². The Morgan fingerprint density at radius 2 is 0.900 bits per heavy atom. The minimum Gasteiger partial charge on any atom is -0.461 e. The van der Waals surface area contributed by atoms with E-state index >= 15 is 0 Å². The number of nitrogens with zero attached hydrogens (tertiary/aromatic N) is 2. The lowest BCUT2D eigenvalue weighted by Gasteiger charge is -2.35. The van der Waals surface area contributed by atoms with E-state index in [-0.39, 0.29) is 18.5 Å². The van der Waals surface area contributed by atoms with E-state index in [2.05, 4.69) is 57.1 Å². The van der Waals surface area contributed by atoms with Gasteiger partial charge in [-0.1, -0.05) is 141 Å². The van der Waals surface area contributed by atoms with Crippen molar-refractivity contribution < 1.29 is 23.5 Å². The number of unbranched alkanes of at least 4 members (excludes halogenated alkanes) is 22. The summed E-state index contributed by atoms with van der Waals surface area (Å²) in [5.74, 6) is -0.357. The van der Waals surface area contributed by atoms with Crippen LogP contribution >= 0.6 is 0 Å². The SMILES string of the molecule is CCCCCCCCC=CCCCCCCCC(=O)OCC(C[N+](C)(C)CN(C)C)OC(=O)CCCCCCCC=CCCCCCCCC. The van der Waals surface area contributed by atoms with E-state index in [1.54, 1.807) is 0 Å². The van der Waals surface area contributed by atoms with Crippen LogP contribution in [-0.2, 0) is 19.1 Å². The summed E-state index contributed by atoms with van der Waals surface area (Å²) in [7, 11) is 8.33. The number of allylic oxidation sites excluding steroid dienone is 4. The van der Waals surface area contributed by atoms with Crippen LogP contribution in [-0.4, -0.2) is 75.4 Å². The maximum atomic E-state index is 12.8. The Morgan fingerprint density at radius 3 is 1.30 bits per heavy atom. The van der Waals surface area contributed by atoms with E-state index in [9.17, 15) is 9.59 Å². The number of hydrogen-bond donors (Lipinski definition) is 0. The molecule has 0 aliphatic heterocycles. The van der Waals surface area contributed by atoms with Gasteiger partial charge in [-0.2, -0.15) is 0 Å². The van der Waals surface area contributed by atoms with Gasteiger partial charge in [-0.05, 0) is 78.3 Å². The fraction of sp³-hybridized carbons (Fsp3) is 0.864. The molecule has 0 radical (unpaired) electrons. The second kappa shape index (κ2) is 35.7. The molecule has 0 spiro atoms. The van der Waals surface area contributed by atoms with Gasteiger partial charge in [0.15, 0.2) is 6.10 Å². The summed E-state index contributed by atoms with van der Waals surface area (Å²) in [4.78, 5) is 27.5. The lowest BCUT2D eigenvalue weighted by Crippen LogP contribution is -2.52. The highest BCUT2D eigenvalue weighted by Crippen LogP contribution is 2.14. The number of ether oxygens (including phenoxy) is 2. The molecular weight excluding hydrogens is 620 g/mol. The Hall–Kier alpha value is -1.66.